The number of hydrogen-bond donors (Lipinski definition) is 3. The predicted octanol–water partition coefficient (Wildman–Crippen LogP) is 1.02. The number of benzene rings is 1. The van der Waals surface area contributed by atoms with Crippen molar-refractivity contribution in [2.75, 3.05) is 18.1 Å². The first kappa shape index (κ1) is 10.8. The summed E-state index contributed by atoms with van der Waals surface area (Å²) in [5.41, 5.74) is 13.4. The standard InChI is InChI=1S/C8H12N2O.CH4/c9-7-1-2-8(10)6(5-7)3-4-11;/h1-2,5,11H,3-4,9-10H2;1H4. The number of nitrogen functional groups attached to an aromatic ring is 2. The van der Waals surface area contributed by atoms with Gasteiger partial charge in [-0.25, -0.2) is 0 Å². The van der Waals surface area contributed by atoms with E-state index in [1.807, 2.05) is 0 Å². The quantitative estimate of drug-likeness (QED) is 0.577. The van der Waals surface area contributed by atoms with E-state index in [0.29, 0.717) is 17.8 Å². The molecular formula is C9H16N2O. The maximum absolute atomic E-state index is 8.64. The van der Waals surface area contributed by atoms with Gasteiger partial charge in [-0.3, -0.25) is 0 Å². The van der Waals surface area contributed by atoms with E-state index in [1.54, 1.807) is 18.2 Å². The van der Waals surface area contributed by atoms with Gasteiger partial charge < -0.3 is 16.6 Å². The molecule has 0 bridgehead atoms. The molecular weight excluding hydrogens is 152 g/mol. The summed E-state index contributed by atoms with van der Waals surface area (Å²) in [4.78, 5) is 0. The van der Waals surface area contributed by atoms with Crippen molar-refractivity contribution >= 4 is 11.4 Å². The second kappa shape index (κ2) is 4.62. The highest BCUT2D eigenvalue weighted by Crippen LogP contribution is 2.15. The zero-order chi connectivity index (χ0) is 8.27. The summed E-state index contributed by atoms with van der Waals surface area (Å²) in [6.07, 6.45) is 0.566. The molecule has 0 heterocycles. The van der Waals surface area contributed by atoms with Gasteiger partial charge in [0.15, 0.2) is 0 Å². The predicted molar refractivity (Wildman–Crippen MR) is 52.8 cm³/mol. The molecule has 5 N–H and O–H groups in total. The molecule has 0 aliphatic rings. The Bertz CT molecular complexity index is 248. The lowest BCUT2D eigenvalue weighted by Gasteiger charge is -2.03. The molecule has 3 nitrogen and oxygen atoms in total. The lowest BCUT2D eigenvalue weighted by Crippen LogP contribution is -1.98. The van der Waals surface area contributed by atoms with Crippen LogP contribution in [0, 0.1) is 0 Å². The Labute approximate surface area is 73.0 Å². The number of hydrogen-bond acceptors (Lipinski definition) is 3. The Morgan fingerprint density at radius 2 is 1.92 bits per heavy atom. The van der Waals surface area contributed by atoms with Gasteiger partial charge in [-0.15, -0.1) is 0 Å². The minimum absolute atomic E-state index is 0. The van der Waals surface area contributed by atoms with E-state index in [-0.39, 0.29) is 14.0 Å². The highest BCUT2D eigenvalue weighted by atomic mass is 16.2. The molecule has 0 spiro atoms. The van der Waals surface area contributed by atoms with Gasteiger partial charge in [-0.05, 0) is 30.2 Å². The van der Waals surface area contributed by atoms with Crippen molar-refractivity contribution in [3.8, 4) is 0 Å². The average Bonchev–Trinajstić information content (AvgIpc) is 1.98. The van der Waals surface area contributed by atoms with Crippen molar-refractivity contribution < 1.29 is 5.11 Å². The van der Waals surface area contributed by atoms with Crippen molar-refractivity contribution in [1.82, 2.24) is 0 Å². The molecule has 0 aliphatic carbocycles. The number of aliphatic hydroxyl groups is 1. The first-order valence-electron chi connectivity index (χ1n) is 3.49. The topological polar surface area (TPSA) is 72.3 Å². The number of rotatable bonds is 2. The zero-order valence-corrected chi connectivity index (χ0v) is 6.25. The van der Waals surface area contributed by atoms with Gasteiger partial charge in [0.2, 0.25) is 0 Å². The van der Waals surface area contributed by atoms with Crippen LogP contribution in [0.1, 0.15) is 13.0 Å². The van der Waals surface area contributed by atoms with Gasteiger partial charge in [0.05, 0.1) is 0 Å². The van der Waals surface area contributed by atoms with Gasteiger partial charge in [0, 0.05) is 18.0 Å². The van der Waals surface area contributed by atoms with Gasteiger partial charge in [-0.1, -0.05) is 7.43 Å². The smallest absolute Gasteiger partial charge is 0.0472 e. The SMILES string of the molecule is C.Nc1ccc(N)c(CCO)c1. The lowest BCUT2D eigenvalue weighted by molar-refractivity contribution is 0.300. The van der Waals surface area contributed by atoms with Crippen LogP contribution < -0.4 is 11.5 Å². The molecule has 1 aromatic carbocycles. The summed E-state index contributed by atoms with van der Waals surface area (Å²) in [5.74, 6) is 0. The number of nitrogens with two attached hydrogens (primary N) is 2. The maximum Gasteiger partial charge on any atom is 0.0472 e. The second-order valence-electron chi connectivity index (χ2n) is 2.43. The Kier molecular flexibility index (Phi) is 4.15. The highest BCUT2D eigenvalue weighted by Gasteiger charge is 1.97. The molecule has 12 heavy (non-hydrogen) atoms. The van der Waals surface area contributed by atoms with Crippen molar-refractivity contribution in [3.63, 3.8) is 0 Å². The first-order chi connectivity index (χ1) is 5.24. The second-order valence-corrected chi connectivity index (χ2v) is 2.43. The van der Waals surface area contributed by atoms with E-state index in [1.165, 1.54) is 0 Å². The molecule has 0 aliphatic heterocycles. The van der Waals surface area contributed by atoms with Crippen LogP contribution in [0.15, 0.2) is 18.2 Å². The Hall–Kier alpha value is -1.22. The Balaban J connectivity index is 0.00000121. The van der Waals surface area contributed by atoms with E-state index < -0.39 is 0 Å². The van der Waals surface area contributed by atoms with Crippen LogP contribution in [0.4, 0.5) is 11.4 Å². The third kappa shape index (κ3) is 2.43. The summed E-state index contributed by atoms with van der Waals surface area (Å²) in [5, 5.41) is 8.64. The highest BCUT2D eigenvalue weighted by molar-refractivity contribution is 5.55. The molecule has 3 heteroatoms. The average molecular weight is 168 g/mol. The molecule has 0 aromatic heterocycles. The van der Waals surface area contributed by atoms with Crippen molar-refractivity contribution in [1.29, 1.82) is 0 Å². The molecule has 0 fully saturated rings. The fraction of sp³-hybridized carbons (Fsp3) is 0.333. The first-order valence-corrected chi connectivity index (χ1v) is 3.49. The van der Waals surface area contributed by atoms with Gasteiger partial charge in [0.25, 0.3) is 0 Å². The van der Waals surface area contributed by atoms with Crippen molar-refractivity contribution in [2.45, 2.75) is 13.8 Å². The van der Waals surface area contributed by atoms with Crippen LogP contribution in [0.5, 0.6) is 0 Å². The molecule has 0 atom stereocenters. The molecule has 68 valence electrons. The van der Waals surface area contributed by atoms with Crippen LogP contribution in [0.3, 0.4) is 0 Å². The van der Waals surface area contributed by atoms with Crippen LogP contribution >= 0.6 is 0 Å². The normalized spacial score (nSPS) is 9.08. The molecule has 1 rings (SSSR count). The van der Waals surface area contributed by atoms with Crippen LogP contribution in [-0.2, 0) is 6.42 Å². The fourth-order valence-electron chi connectivity index (χ4n) is 0.963. The summed E-state index contributed by atoms with van der Waals surface area (Å²) in [6, 6.07) is 5.28. The van der Waals surface area contributed by atoms with Crippen molar-refractivity contribution in [2.24, 2.45) is 0 Å². The summed E-state index contributed by atoms with van der Waals surface area (Å²) in [6.45, 7) is 0.105. The fourth-order valence-corrected chi connectivity index (χ4v) is 0.963. The molecule has 0 saturated heterocycles. The maximum atomic E-state index is 8.64. The Morgan fingerprint density at radius 1 is 1.25 bits per heavy atom. The van der Waals surface area contributed by atoms with Gasteiger partial charge in [0.1, 0.15) is 0 Å². The molecule has 0 unspecified atom stereocenters. The van der Waals surface area contributed by atoms with E-state index in [2.05, 4.69) is 0 Å². The van der Waals surface area contributed by atoms with Gasteiger partial charge >= 0.3 is 0 Å². The Morgan fingerprint density at radius 3 is 2.50 bits per heavy atom. The molecule has 0 amide bonds. The largest absolute Gasteiger partial charge is 0.399 e. The van der Waals surface area contributed by atoms with E-state index >= 15 is 0 Å². The lowest BCUT2D eigenvalue weighted by atomic mass is 10.1. The van der Waals surface area contributed by atoms with Crippen LogP contribution in [0.25, 0.3) is 0 Å². The van der Waals surface area contributed by atoms with E-state index in [4.69, 9.17) is 16.6 Å². The minimum atomic E-state index is 0. The third-order valence-corrected chi connectivity index (χ3v) is 1.55. The summed E-state index contributed by atoms with van der Waals surface area (Å²) < 4.78 is 0. The minimum Gasteiger partial charge on any atom is -0.399 e. The van der Waals surface area contributed by atoms with Gasteiger partial charge in [-0.2, -0.15) is 0 Å². The molecule has 0 radical (unpaired) electrons. The number of anilines is 2. The molecule has 0 saturated carbocycles. The van der Waals surface area contributed by atoms with E-state index in [9.17, 15) is 0 Å². The van der Waals surface area contributed by atoms with Crippen LogP contribution in [-0.4, -0.2) is 11.7 Å². The molecule has 1 aromatic rings. The summed E-state index contributed by atoms with van der Waals surface area (Å²) >= 11 is 0. The number of aliphatic hydroxyl groups excluding tert-OH is 1. The monoisotopic (exact) mass is 168 g/mol. The van der Waals surface area contributed by atoms with Crippen molar-refractivity contribution in [3.05, 3.63) is 23.8 Å². The van der Waals surface area contributed by atoms with E-state index in [0.717, 1.165) is 5.56 Å². The third-order valence-electron chi connectivity index (χ3n) is 1.55. The summed E-state index contributed by atoms with van der Waals surface area (Å²) in [7, 11) is 0. The zero-order valence-electron chi connectivity index (χ0n) is 6.25. The van der Waals surface area contributed by atoms with Crippen LogP contribution in [0.2, 0.25) is 0 Å².